The van der Waals surface area contributed by atoms with Gasteiger partial charge in [-0.1, -0.05) is 38.1 Å². The number of rotatable bonds is 6. The van der Waals surface area contributed by atoms with E-state index in [1.54, 1.807) is 7.11 Å². The lowest BCUT2D eigenvalue weighted by atomic mass is 10.0. The third-order valence-electron chi connectivity index (χ3n) is 4.74. The Balaban J connectivity index is 1.44. The number of methoxy groups -OCH3 is 1. The second-order valence-corrected chi connectivity index (χ2v) is 8.03. The lowest BCUT2D eigenvalue weighted by molar-refractivity contribution is -0.115. The molecule has 4 rings (SSSR count). The smallest absolute Gasteiger partial charge is 0.230 e. The van der Waals surface area contributed by atoms with Crippen molar-refractivity contribution in [3.8, 4) is 17.2 Å². The number of amides is 1. The van der Waals surface area contributed by atoms with Gasteiger partial charge in [0.15, 0.2) is 10.9 Å². The van der Waals surface area contributed by atoms with Crippen molar-refractivity contribution in [1.82, 2.24) is 4.98 Å². The van der Waals surface area contributed by atoms with Gasteiger partial charge in [0, 0.05) is 10.8 Å². The first-order valence-corrected chi connectivity index (χ1v) is 10.3. The van der Waals surface area contributed by atoms with Gasteiger partial charge in [0.25, 0.3) is 0 Å². The van der Waals surface area contributed by atoms with E-state index in [1.165, 1.54) is 16.9 Å². The van der Waals surface area contributed by atoms with Gasteiger partial charge in [0.1, 0.15) is 17.0 Å². The second-order valence-electron chi connectivity index (χ2n) is 7.17. The molecule has 0 aliphatic carbocycles. The van der Waals surface area contributed by atoms with E-state index < -0.39 is 0 Å². The minimum Gasteiger partial charge on any atom is -0.497 e. The van der Waals surface area contributed by atoms with Gasteiger partial charge in [-0.05, 0) is 41.3 Å². The number of hydrogen-bond donors (Lipinski definition) is 1. The number of hydrogen-bond acceptors (Lipinski definition) is 5. The Labute approximate surface area is 173 Å². The molecule has 0 aliphatic heterocycles. The maximum absolute atomic E-state index is 12.4. The zero-order valence-corrected chi connectivity index (χ0v) is 17.4. The summed E-state index contributed by atoms with van der Waals surface area (Å²) in [6.07, 6.45) is 0.317. The normalized spacial score (nSPS) is 11.2. The van der Waals surface area contributed by atoms with Crippen LogP contribution in [0.15, 0.2) is 58.3 Å². The monoisotopic (exact) mass is 406 g/mol. The first kappa shape index (κ1) is 19.2. The van der Waals surface area contributed by atoms with Crippen LogP contribution in [0.3, 0.4) is 0 Å². The van der Waals surface area contributed by atoms with Crippen LogP contribution in [0, 0.1) is 0 Å². The molecular formula is C23H22N2O3S. The number of nitrogens with one attached hydrogen (secondary N) is 1. The minimum atomic E-state index is -0.0856. The summed E-state index contributed by atoms with van der Waals surface area (Å²) in [6.45, 7) is 4.31. The van der Waals surface area contributed by atoms with Gasteiger partial charge in [0.2, 0.25) is 5.91 Å². The van der Waals surface area contributed by atoms with Crippen LogP contribution in [0.25, 0.3) is 22.4 Å². The fourth-order valence-electron chi connectivity index (χ4n) is 3.09. The van der Waals surface area contributed by atoms with Crippen LogP contribution >= 0.6 is 11.3 Å². The number of anilines is 1. The van der Waals surface area contributed by atoms with Gasteiger partial charge in [-0.3, -0.25) is 4.79 Å². The predicted molar refractivity (Wildman–Crippen MR) is 117 cm³/mol. The summed E-state index contributed by atoms with van der Waals surface area (Å²) in [5, 5.41) is 6.26. The Bertz CT molecular complexity index is 1140. The molecule has 0 saturated carbocycles. The molecule has 29 heavy (non-hydrogen) atoms. The van der Waals surface area contributed by atoms with Gasteiger partial charge < -0.3 is 14.5 Å². The van der Waals surface area contributed by atoms with Gasteiger partial charge in [-0.25, -0.2) is 4.98 Å². The van der Waals surface area contributed by atoms with Crippen molar-refractivity contribution in [3.05, 3.63) is 65.0 Å². The Morgan fingerprint density at radius 3 is 2.69 bits per heavy atom. The van der Waals surface area contributed by atoms with E-state index >= 15 is 0 Å². The Kier molecular flexibility index (Phi) is 5.36. The quantitative estimate of drug-likeness (QED) is 0.435. The number of benzene rings is 2. The zero-order valence-electron chi connectivity index (χ0n) is 16.6. The molecule has 2 heterocycles. The molecule has 1 N–H and O–H groups in total. The van der Waals surface area contributed by atoms with E-state index in [1.807, 2.05) is 41.8 Å². The number of furan rings is 1. The van der Waals surface area contributed by atoms with E-state index in [0.717, 1.165) is 22.3 Å². The molecule has 0 spiro atoms. The standard InChI is InChI=1S/C23H22N2O3S/c1-14(2)16-6-4-15(5-7-16)10-22(26)25-23-24-19(13-29-23)21-12-17-11-18(27-3)8-9-20(17)28-21/h4-9,11-14H,10H2,1-3H3,(H,24,25,26). The Morgan fingerprint density at radius 1 is 1.17 bits per heavy atom. The summed E-state index contributed by atoms with van der Waals surface area (Å²) in [5.41, 5.74) is 3.71. The SMILES string of the molecule is COc1ccc2oc(-c3csc(NC(=O)Cc4ccc(C(C)C)cc4)n3)cc2c1. The summed E-state index contributed by atoms with van der Waals surface area (Å²) >= 11 is 1.38. The van der Waals surface area contributed by atoms with Gasteiger partial charge in [-0.15, -0.1) is 11.3 Å². The highest BCUT2D eigenvalue weighted by molar-refractivity contribution is 7.14. The van der Waals surface area contributed by atoms with Crippen LogP contribution in [0.2, 0.25) is 0 Å². The van der Waals surface area contributed by atoms with E-state index in [2.05, 4.69) is 36.3 Å². The van der Waals surface area contributed by atoms with Crippen molar-refractivity contribution in [3.63, 3.8) is 0 Å². The van der Waals surface area contributed by atoms with Crippen molar-refractivity contribution < 1.29 is 13.9 Å². The molecule has 0 atom stereocenters. The fraction of sp³-hybridized carbons (Fsp3) is 0.217. The molecule has 0 radical (unpaired) electrons. The molecule has 2 aromatic carbocycles. The van der Waals surface area contributed by atoms with Crippen LogP contribution in [-0.2, 0) is 11.2 Å². The van der Waals surface area contributed by atoms with Gasteiger partial charge in [0.05, 0.1) is 13.5 Å². The average molecular weight is 407 g/mol. The van der Waals surface area contributed by atoms with Crippen molar-refractivity contribution >= 4 is 33.3 Å². The second kappa shape index (κ2) is 8.09. The van der Waals surface area contributed by atoms with Crippen molar-refractivity contribution in [2.24, 2.45) is 0 Å². The third-order valence-corrected chi connectivity index (χ3v) is 5.50. The molecule has 0 fully saturated rings. The third kappa shape index (κ3) is 4.32. The zero-order chi connectivity index (χ0) is 20.4. The highest BCUT2D eigenvalue weighted by atomic mass is 32.1. The molecule has 0 saturated heterocycles. The van der Waals surface area contributed by atoms with Crippen molar-refractivity contribution in [2.45, 2.75) is 26.2 Å². The highest BCUT2D eigenvalue weighted by Gasteiger charge is 2.13. The summed E-state index contributed by atoms with van der Waals surface area (Å²) in [4.78, 5) is 16.9. The summed E-state index contributed by atoms with van der Waals surface area (Å²) < 4.78 is 11.1. The number of carbonyl (C=O) groups excluding carboxylic acids is 1. The number of thiazole rings is 1. The minimum absolute atomic E-state index is 0.0856. The topological polar surface area (TPSA) is 64.4 Å². The van der Waals surface area contributed by atoms with Crippen LogP contribution in [0.5, 0.6) is 5.75 Å². The first-order valence-electron chi connectivity index (χ1n) is 9.44. The molecule has 4 aromatic rings. The first-order chi connectivity index (χ1) is 14.0. The van der Waals surface area contributed by atoms with E-state index in [0.29, 0.717) is 28.9 Å². The average Bonchev–Trinajstić information content (AvgIpc) is 3.34. The maximum Gasteiger partial charge on any atom is 0.230 e. The van der Waals surface area contributed by atoms with Gasteiger partial charge >= 0.3 is 0 Å². The van der Waals surface area contributed by atoms with Crippen LogP contribution in [0.4, 0.5) is 5.13 Å². The summed E-state index contributed by atoms with van der Waals surface area (Å²) in [6, 6.07) is 15.7. The molecule has 0 unspecified atom stereocenters. The molecule has 6 heteroatoms. The lowest BCUT2D eigenvalue weighted by Crippen LogP contribution is -2.14. The number of fused-ring (bicyclic) bond motifs is 1. The van der Waals surface area contributed by atoms with Crippen LogP contribution in [-0.4, -0.2) is 18.0 Å². The van der Waals surface area contributed by atoms with E-state index in [-0.39, 0.29) is 5.91 Å². The number of nitrogens with zero attached hydrogens (tertiary/aromatic N) is 1. The Morgan fingerprint density at radius 2 is 1.97 bits per heavy atom. The maximum atomic E-state index is 12.4. The summed E-state index contributed by atoms with van der Waals surface area (Å²) in [7, 11) is 1.64. The largest absolute Gasteiger partial charge is 0.497 e. The fourth-order valence-corrected chi connectivity index (χ4v) is 3.80. The van der Waals surface area contributed by atoms with E-state index in [4.69, 9.17) is 9.15 Å². The van der Waals surface area contributed by atoms with Crippen molar-refractivity contribution in [2.75, 3.05) is 12.4 Å². The van der Waals surface area contributed by atoms with Crippen molar-refractivity contribution in [1.29, 1.82) is 0 Å². The van der Waals surface area contributed by atoms with Crippen LogP contribution < -0.4 is 10.1 Å². The molecule has 0 aliphatic rings. The van der Waals surface area contributed by atoms with E-state index in [9.17, 15) is 4.79 Å². The lowest BCUT2D eigenvalue weighted by Gasteiger charge is -2.06. The number of ether oxygens (including phenoxy) is 1. The molecule has 2 aromatic heterocycles. The number of aromatic nitrogens is 1. The molecule has 1 amide bonds. The number of carbonyl (C=O) groups is 1. The molecule has 5 nitrogen and oxygen atoms in total. The molecular weight excluding hydrogens is 384 g/mol. The van der Waals surface area contributed by atoms with Crippen LogP contribution in [0.1, 0.15) is 30.9 Å². The summed E-state index contributed by atoms with van der Waals surface area (Å²) in [5.74, 6) is 1.83. The predicted octanol–water partition coefficient (Wildman–Crippen LogP) is 5.87. The highest BCUT2D eigenvalue weighted by Crippen LogP contribution is 2.32. The Hall–Kier alpha value is -3.12. The molecule has 0 bridgehead atoms. The van der Waals surface area contributed by atoms with Gasteiger partial charge in [-0.2, -0.15) is 0 Å². The molecule has 148 valence electrons.